The van der Waals surface area contributed by atoms with E-state index in [0.717, 1.165) is 39.1 Å². The fourth-order valence-electron chi connectivity index (χ4n) is 2.85. The van der Waals surface area contributed by atoms with Crippen molar-refractivity contribution < 1.29 is 4.79 Å². The average Bonchev–Trinajstić information content (AvgIpc) is 2.88. The first-order valence-corrected chi connectivity index (χ1v) is 7.90. The van der Waals surface area contributed by atoms with Crippen molar-refractivity contribution >= 4 is 17.2 Å². The maximum atomic E-state index is 12.4. The molecule has 1 amide bonds. The predicted molar refractivity (Wildman–Crippen MR) is 77.3 cm³/mol. The van der Waals surface area contributed by atoms with Gasteiger partial charge in [-0.1, -0.05) is 0 Å². The summed E-state index contributed by atoms with van der Waals surface area (Å²) in [4.78, 5) is 18.2. The topological polar surface area (TPSA) is 35.6 Å². The lowest BCUT2D eigenvalue weighted by atomic mass is 10.1. The van der Waals surface area contributed by atoms with Crippen LogP contribution in [0, 0.1) is 0 Å². The second-order valence-corrected chi connectivity index (χ2v) is 6.46. The van der Waals surface area contributed by atoms with Crippen LogP contribution in [0.25, 0.3) is 0 Å². The maximum Gasteiger partial charge on any atom is 0.237 e. The van der Waals surface area contributed by atoms with Crippen LogP contribution in [0.5, 0.6) is 0 Å². The Kier molecular flexibility index (Phi) is 3.86. The molecule has 0 aromatic carbocycles. The van der Waals surface area contributed by atoms with Crippen molar-refractivity contribution in [3.8, 4) is 0 Å². The lowest BCUT2D eigenvalue weighted by Gasteiger charge is -2.35. The lowest BCUT2D eigenvalue weighted by molar-refractivity contribution is -0.134. The lowest BCUT2D eigenvalue weighted by Crippen LogP contribution is -2.53. The molecule has 0 radical (unpaired) electrons. The Morgan fingerprint density at radius 3 is 3.26 bits per heavy atom. The highest BCUT2D eigenvalue weighted by molar-refractivity contribution is 7.10. The predicted octanol–water partition coefficient (Wildman–Crippen LogP) is 0.926. The van der Waals surface area contributed by atoms with Gasteiger partial charge in [-0.25, -0.2) is 0 Å². The van der Waals surface area contributed by atoms with Crippen LogP contribution in [0.2, 0.25) is 0 Å². The van der Waals surface area contributed by atoms with Crippen molar-refractivity contribution in [2.75, 3.05) is 32.7 Å². The fraction of sp³-hybridized carbons (Fsp3) is 0.643. The molecule has 2 aliphatic rings. The number of rotatable bonds is 2. The zero-order valence-corrected chi connectivity index (χ0v) is 12.2. The van der Waals surface area contributed by atoms with Gasteiger partial charge in [-0.05, 0) is 30.4 Å². The summed E-state index contributed by atoms with van der Waals surface area (Å²) in [5.41, 5.74) is 1.35. The number of nitrogens with one attached hydrogen (secondary N) is 1. The van der Waals surface area contributed by atoms with E-state index in [1.807, 2.05) is 16.2 Å². The molecule has 3 heterocycles. The molecule has 0 saturated carbocycles. The van der Waals surface area contributed by atoms with E-state index in [1.165, 1.54) is 10.4 Å². The molecule has 1 aromatic rings. The standard InChI is InChI=1S/C14H21N3OS/c1-11-8-15-4-6-16(11)10-14(18)17-5-2-13-12(9-17)3-7-19-13/h3,7,11,15H,2,4-6,8-10H2,1H3/t11-/m1/s1. The molecule has 2 aliphatic heterocycles. The Labute approximate surface area is 118 Å². The van der Waals surface area contributed by atoms with E-state index in [2.05, 4.69) is 28.6 Å². The summed E-state index contributed by atoms with van der Waals surface area (Å²) < 4.78 is 0. The summed E-state index contributed by atoms with van der Waals surface area (Å²) in [6, 6.07) is 2.62. The molecule has 3 rings (SSSR count). The van der Waals surface area contributed by atoms with Gasteiger partial charge < -0.3 is 10.2 Å². The third-order valence-corrected chi connectivity index (χ3v) is 5.16. The van der Waals surface area contributed by atoms with E-state index >= 15 is 0 Å². The highest BCUT2D eigenvalue weighted by Crippen LogP contribution is 2.24. The van der Waals surface area contributed by atoms with Crippen LogP contribution in [0.3, 0.4) is 0 Å². The summed E-state index contributed by atoms with van der Waals surface area (Å²) in [5.74, 6) is 0.283. The number of carbonyl (C=O) groups is 1. The van der Waals surface area contributed by atoms with Crippen molar-refractivity contribution in [3.63, 3.8) is 0 Å². The summed E-state index contributed by atoms with van der Waals surface area (Å²) in [6.07, 6.45) is 1.02. The highest BCUT2D eigenvalue weighted by atomic mass is 32.1. The van der Waals surface area contributed by atoms with E-state index in [4.69, 9.17) is 0 Å². The Morgan fingerprint density at radius 1 is 1.53 bits per heavy atom. The van der Waals surface area contributed by atoms with Gasteiger partial charge >= 0.3 is 0 Å². The zero-order valence-electron chi connectivity index (χ0n) is 11.4. The van der Waals surface area contributed by atoms with E-state index in [0.29, 0.717) is 12.6 Å². The SMILES string of the molecule is C[C@@H]1CNCCN1CC(=O)N1CCc2sccc2C1. The van der Waals surface area contributed by atoms with Crippen molar-refractivity contribution in [2.45, 2.75) is 25.9 Å². The molecule has 1 fully saturated rings. The molecular weight excluding hydrogens is 258 g/mol. The maximum absolute atomic E-state index is 12.4. The van der Waals surface area contributed by atoms with Gasteiger partial charge in [0.2, 0.25) is 5.91 Å². The summed E-state index contributed by atoms with van der Waals surface area (Å²) in [7, 11) is 0. The van der Waals surface area contributed by atoms with E-state index in [9.17, 15) is 4.79 Å². The first kappa shape index (κ1) is 13.1. The van der Waals surface area contributed by atoms with Gasteiger partial charge in [0.1, 0.15) is 0 Å². The minimum atomic E-state index is 0.283. The third-order valence-electron chi connectivity index (χ3n) is 4.14. The molecule has 0 spiro atoms. The summed E-state index contributed by atoms with van der Waals surface area (Å²) >= 11 is 1.82. The molecule has 5 heteroatoms. The second kappa shape index (κ2) is 5.61. The molecule has 0 bridgehead atoms. The second-order valence-electron chi connectivity index (χ2n) is 5.46. The number of carbonyl (C=O) groups excluding carboxylic acids is 1. The number of fused-ring (bicyclic) bond motifs is 1. The van der Waals surface area contributed by atoms with Crippen LogP contribution in [0.15, 0.2) is 11.4 Å². The van der Waals surface area contributed by atoms with Crippen molar-refractivity contribution in [3.05, 3.63) is 21.9 Å². The number of hydrogen-bond donors (Lipinski definition) is 1. The molecule has 104 valence electrons. The van der Waals surface area contributed by atoms with E-state index < -0.39 is 0 Å². The van der Waals surface area contributed by atoms with Gasteiger partial charge in [0, 0.05) is 43.6 Å². The molecule has 0 aliphatic carbocycles. The summed E-state index contributed by atoms with van der Waals surface area (Å²) in [5, 5.41) is 5.50. The minimum absolute atomic E-state index is 0.283. The van der Waals surface area contributed by atoms with Gasteiger partial charge in [0.15, 0.2) is 0 Å². The van der Waals surface area contributed by atoms with Gasteiger partial charge in [0.05, 0.1) is 6.54 Å². The molecule has 1 atom stereocenters. The van der Waals surface area contributed by atoms with E-state index in [1.54, 1.807) is 0 Å². The van der Waals surface area contributed by atoms with Crippen LogP contribution < -0.4 is 5.32 Å². The van der Waals surface area contributed by atoms with Crippen LogP contribution in [0.1, 0.15) is 17.4 Å². The highest BCUT2D eigenvalue weighted by Gasteiger charge is 2.25. The quantitative estimate of drug-likeness (QED) is 0.875. The minimum Gasteiger partial charge on any atom is -0.337 e. The number of amides is 1. The molecule has 1 saturated heterocycles. The normalized spacial score (nSPS) is 24.3. The third kappa shape index (κ3) is 2.83. The van der Waals surface area contributed by atoms with Crippen LogP contribution in [-0.4, -0.2) is 54.5 Å². The van der Waals surface area contributed by atoms with Crippen LogP contribution in [0.4, 0.5) is 0 Å². The van der Waals surface area contributed by atoms with Gasteiger partial charge in [0.25, 0.3) is 0 Å². The first-order chi connectivity index (χ1) is 9.24. The zero-order chi connectivity index (χ0) is 13.2. The smallest absolute Gasteiger partial charge is 0.237 e. The summed E-state index contributed by atoms with van der Waals surface area (Å²) in [6.45, 7) is 7.40. The Balaban J connectivity index is 1.59. The van der Waals surface area contributed by atoms with Crippen molar-refractivity contribution in [2.24, 2.45) is 0 Å². The molecule has 1 aromatic heterocycles. The number of hydrogen-bond acceptors (Lipinski definition) is 4. The largest absolute Gasteiger partial charge is 0.337 e. The number of piperazine rings is 1. The Morgan fingerprint density at radius 2 is 2.42 bits per heavy atom. The molecule has 1 N–H and O–H groups in total. The monoisotopic (exact) mass is 279 g/mol. The molecule has 4 nitrogen and oxygen atoms in total. The fourth-order valence-corrected chi connectivity index (χ4v) is 3.74. The molecular formula is C14H21N3OS. The number of nitrogens with zero attached hydrogens (tertiary/aromatic N) is 2. The van der Waals surface area contributed by atoms with Gasteiger partial charge in [-0.3, -0.25) is 9.69 Å². The van der Waals surface area contributed by atoms with Gasteiger partial charge in [-0.2, -0.15) is 0 Å². The number of thiophene rings is 1. The van der Waals surface area contributed by atoms with Crippen LogP contribution >= 0.6 is 11.3 Å². The van der Waals surface area contributed by atoms with Gasteiger partial charge in [-0.15, -0.1) is 11.3 Å². The molecule has 0 unspecified atom stereocenters. The van der Waals surface area contributed by atoms with Crippen LogP contribution in [-0.2, 0) is 17.8 Å². The first-order valence-electron chi connectivity index (χ1n) is 7.02. The van der Waals surface area contributed by atoms with Crippen molar-refractivity contribution in [1.82, 2.24) is 15.1 Å². The Bertz CT molecular complexity index is 459. The average molecular weight is 279 g/mol. The molecule has 19 heavy (non-hydrogen) atoms. The van der Waals surface area contributed by atoms with Crippen molar-refractivity contribution in [1.29, 1.82) is 0 Å². The Hall–Kier alpha value is -0.910. The van der Waals surface area contributed by atoms with E-state index in [-0.39, 0.29) is 5.91 Å².